The van der Waals surface area contributed by atoms with Crippen LogP contribution in [0.4, 0.5) is 5.69 Å². The van der Waals surface area contributed by atoms with E-state index in [2.05, 4.69) is 130 Å². The van der Waals surface area contributed by atoms with Crippen LogP contribution in [0.3, 0.4) is 0 Å². The SMILES string of the molecule is CCN1C(=CC2=CC(=CC=CC3=CC(=Cc4sc5cc(OC)ccc5[n+]4CC)CC(C)(C)C3)CC(C)(C)C2)Sc2cc(OC)ccc21. The number of anilines is 1. The van der Waals surface area contributed by atoms with Crippen molar-refractivity contribution >= 4 is 45.1 Å². The Labute approximate surface area is 289 Å². The number of methoxy groups -OCH3 is 2. The molecule has 3 aliphatic rings. The zero-order chi connectivity index (χ0) is 33.3. The second-order valence-corrected chi connectivity index (χ2v) is 16.6. The third kappa shape index (κ3) is 7.49. The summed E-state index contributed by atoms with van der Waals surface area (Å²) in [4.78, 5) is 3.69. The van der Waals surface area contributed by atoms with Crippen molar-refractivity contribution in [3.05, 3.63) is 105 Å². The van der Waals surface area contributed by atoms with Gasteiger partial charge >= 0.3 is 0 Å². The molecule has 2 aromatic carbocycles. The third-order valence-corrected chi connectivity index (χ3v) is 11.4. The van der Waals surface area contributed by atoms with Crippen molar-refractivity contribution < 1.29 is 14.0 Å². The molecule has 3 aromatic rings. The number of hydrogen-bond acceptors (Lipinski definition) is 5. The molecule has 47 heavy (non-hydrogen) atoms. The second-order valence-electron chi connectivity index (χ2n) is 14.5. The molecule has 0 spiro atoms. The van der Waals surface area contributed by atoms with Crippen molar-refractivity contribution in [3.8, 4) is 11.5 Å². The number of rotatable bonds is 8. The molecule has 2 aliphatic carbocycles. The van der Waals surface area contributed by atoms with E-state index < -0.39 is 0 Å². The van der Waals surface area contributed by atoms with Gasteiger partial charge in [-0.2, -0.15) is 4.57 Å². The number of aryl methyl sites for hydroxylation is 1. The molecule has 2 heterocycles. The lowest BCUT2D eigenvalue weighted by atomic mass is 9.74. The number of fused-ring (bicyclic) bond motifs is 2. The van der Waals surface area contributed by atoms with Crippen LogP contribution in [0.2, 0.25) is 0 Å². The topological polar surface area (TPSA) is 25.6 Å². The Kier molecular flexibility index (Phi) is 9.64. The summed E-state index contributed by atoms with van der Waals surface area (Å²) in [5, 5.41) is 2.59. The molecule has 0 saturated carbocycles. The van der Waals surface area contributed by atoms with Crippen LogP contribution in [0.1, 0.15) is 72.2 Å². The monoisotopic (exact) mass is 665 g/mol. The molecule has 1 aromatic heterocycles. The van der Waals surface area contributed by atoms with E-state index in [0.29, 0.717) is 0 Å². The summed E-state index contributed by atoms with van der Waals surface area (Å²) >= 11 is 3.70. The lowest BCUT2D eigenvalue weighted by Gasteiger charge is -2.31. The molecule has 4 nitrogen and oxygen atoms in total. The van der Waals surface area contributed by atoms with Gasteiger partial charge in [0.05, 0.1) is 24.9 Å². The summed E-state index contributed by atoms with van der Waals surface area (Å²) < 4.78 is 14.7. The van der Waals surface area contributed by atoms with Gasteiger partial charge in [0, 0.05) is 29.6 Å². The van der Waals surface area contributed by atoms with Crippen LogP contribution in [0.25, 0.3) is 16.3 Å². The molecule has 0 N–H and O–H groups in total. The van der Waals surface area contributed by atoms with Crippen LogP contribution in [0.15, 0.2) is 105 Å². The second kappa shape index (κ2) is 13.6. The molecule has 0 saturated heterocycles. The Morgan fingerprint density at radius 1 is 0.830 bits per heavy atom. The number of benzene rings is 2. The van der Waals surface area contributed by atoms with E-state index in [1.54, 1.807) is 14.2 Å². The first kappa shape index (κ1) is 33.4. The van der Waals surface area contributed by atoms with Crippen LogP contribution in [-0.2, 0) is 6.54 Å². The minimum absolute atomic E-state index is 0.210. The molecule has 1 aliphatic heterocycles. The first-order chi connectivity index (χ1) is 22.5. The predicted molar refractivity (Wildman–Crippen MR) is 202 cm³/mol. The Morgan fingerprint density at radius 2 is 1.51 bits per heavy atom. The number of aromatic nitrogens is 1. The van der Waals surface area contributed by atoms with Crippen LogP contribution >= 0.6 is 23.1 Å². The Hall–Kier alpha value is -3.48. The van der Waals surface area contributed by atoms with Crippen LogP contribution < -0.4 is 18.9 Å². The van der Waals surface area contributed by atoms with Crippen molar-refractivity contribution in [2.45, 2.75) is 78.7 Å². The summed E-state index contributed by atoms with van der Waals surface area (Å²) in [6, 6.07) is 12.8. The molecule has 0 fully saturated rings. The third-order valence-electron chi connectivity index (χ3n) is 9.22. The van der Waals surface area contributed by atoms with Gasteiger partial charge in [-0.05, 0) is 103 Å². The van der Waals surface area contributed by atoms with Gasteiger partial charge in [0.2, 0.25) is 5.52 Å². The fraction of sp³-hybridized carbons (Fsp3) is 0.390. The van der Waals surface area contributed by atoms with E-state index in [1.807, 2.05) is 23.1 Å². The Morgan fingerprint density at radius 3 is 2.23 bits per heavy atom. The van der Waals surface area contributed by atoms with Gasteiger partial charge in [-0.15, -0.1) is 0 Å². The molecule has 0 unspecified atom stereocenters. The zero-order valence-corrected chi connectivity index (χ0v) is 30.9. The number of thiazole rings is 1. The van der Waals surface area contributed by atoms with E-state index in [4.69, 9.17) is 9.47 Å². The molecule has 0 radical (unpaired) electrons. The highest BCUT2D eigenvalue weighted by atomic mass is 32.2. The average Bonchev–Trinajstić information content (AvgIpc) is 3.54. The van der Waals surface area contributed by atoms with Crippen LogP contribution in [-0.4, -0.2) is 20.8 Å². The van der Waals surface area contributed by atoms with Gasteiger partial charge in [0.25, 0.3) is 5.01 Å². The first-order valence-electron chi connectivity index (χ1n) is 16.8. The van der Waals surface area contributed by atoms with E-state index in [0.717, 1.165) is 50.3 Å². The minimum Gasteiger partial charge on any atom is -0.497 e. The Balaban J connectivity index is 1.26. The molecule has 0 bridgehead atoms. The molecule has 6 heteroatoms. The molecule has 246 valence electrons. The summed E-state index contributed by atoms with van der Waals surface area (Å²) in [7, 11) is 3.47. The van der Waals surface area contributed by atoms with Crippen molar-refractivity contribution in [3.63, 3.8) is 0 Å². The van der Waals surface area contributed by atoms with Gasteiger partial charge in [-0.25, -0.2) is 0 Å². The lowest BCUT2D eigenvalue weighted by molar-refractivity contribution is -0.665. The predicted octanol–water partition coefficient (Wildman–Crippen LogP) is 11.1. The Bertz CT molecular complexity index is 1860. The van der Waals surface area contributed by atoms with Crippen LogP contribution in [0.5, 0.6) is 11.5 Å². The smallest absolute Gasteiger partial charge is 0.263 e. The molecule has 0 atom stereocenters. The number of allylic oxidation sites excluding steroid dienone is 10. The quantitative estimate of drug-likeness (QED) is 0.224. The first-order valence-corrected chi connectivity index (χ1v) is 18.5. The number of hydrogen-bond donors (Lipinski definition) is 0. The summed E-state index contributed by atoms with van der Waals surface area (Å²) in [5.74, 6) is 1.82. The molecular formula is C41H49N2O2S2+. The normalized spacial score (nSPS) is 21.5. The van der Waals surface area contributed by atoms with Gasteiger partial charge < -0.3 is 14.4 Å². The highest BCUT2D eigenvalue weighted by Gasteiger charge is 2.29. The highest BCUT2D eigenvalue weighted by molar-refractivity contribution is 8.03. The summed E-state index contributed by atoms with van der Waals surface area (Å²) in [5.41, 5.74) is 8.55. The van der Waals surface area contributed by atoms with E-state index in [9.17, 15) is 0 Å². The van der Waals surface area contributed by atoms with Crippen molar-refractivity contribution in [2.24, 2.45) is 10.8 Å². The highest BCUT2D eigenvalue weighted by Crippen LogP contribution is 2.49. The maximum Gasteiger partial charge on any atom is 0.263 e. The summed E-state index contributed by atoms with van der Waals surface area (Å²) in [6.07, 6.45) is 20.9. The van der Waals surface area contributed by atoms with Crippen LogP contribution in [0, 0.1) is 10.8 Å². The van der Waals surface area contributed by atoms with Crippen molar-refractivity contribution in [1.29, 1.82) is 0 Å². The number of ether oxygens (including phenoxy) is 2. The van der Waals surface area contributed by atoms with Crippen molar-refractivity contribution in [1.82, 2.24) is 0 Å². The number of thioether (sulfide) groups is 1. The van der Waals surface area contributed by atoms with Gasteiger partial charge in [-0.1, -0.05) is 81.2 Å². The fourth-order valence-electron chi connectivity index (χ4n) is 7.32. The van der Waals surface area contributed by atoms with E-state index in [1.165, 1.54) is 53.1 Å². The standard InChI is InChI=1S/C41H49N2O2S2/c1-9-42-34-16-14-32(44-7)22-36(34)46-38(42)20-30-18-28(24-40(3,4)26-30)12-11-13-29-19-31(27-41(5,6)25-29)21-39-43(10-2)35-17-15-33(45-8)23-37(35)47-39/h11-23H,9-10,24-27H2,1-8H3/q+1. The van der Waals surface area contributed by atoms with E-state index in [-0.39, 0.29) is 10.8 Å². The fourth-order valence-corrected chi connectivity index (χ4v) is 9.78. The van der Waals surface area contributed by atoms with Crippen molar-refractivity contribution in [2.75, 3.05) is 25.7 Å². The maximum absolute atomic E-state index is 5.50. The van der Waals surface area contributed by atoms with Gasteiger partial charge in [0.15, 0.2) is 0 Å². The maximum atomic E-state index is 5.50. The van der Waals surface area contributed by atoms with Gasteiger partial charge in [-0.3, -0.25) is 0 Å². The van der Waals surface area contributed by atoms with Gasteiger partial charge in [0.1, 0.15) is 22.7 Å². The van der Waals surface area contributed by atoms with E-state index >= 15 is 0 Å². The molecule has 0 amide bonds. The average molecular weight is 666 g/mol. The minimum atomic E-state index is 0.210. The molecule has 6 rings (SSSR count). The lowest BCUT2D eigenvalue weighted by Crippen LogP contribution is -2.33. The molecular weight excluding hydrogens is 617 g/mol. The zero-order valence-electron chi connectivity index (χ0n) is 29.3. The summed E-state index contributed by atoms with van der Waals surface area (Å²) in [6.45, 7) is 15.9. The number of nitrogens with zero attached hydrogens (tertiary/aromatic N) is 2. The largest absolute Gasteiger partial charge is 0.497 e.